The number of fused-ring (bicyclic) bond motifs is 2. The molecule has 9 heteroatoms. The Balaban J connectivity index is 1.40. The summed E-state index contributed by atoms with van der Waals surface area (Å²) >= 11 is 0. The lowest BCUT2D eigenvalue weighted by Gasteiger charge is -2.22. The number of nitrogens with one attached hydrogen (secondary N) is 2. The number of carbonyl (C=O) groups is 5. The highest BCUT2D eigenvalue weighted by Gasteiger charge is 2.51. The molecule has 1 fully saturated rings. The van der Waals surface area contributed by atoms with Crippen LogP contribution in [-0.4, -0.2) is 40.9 Å². The highest BCUT2D eigenvalue weighted by molar-refractivity contribution is 6.30. The van der Waals surface area contributed by atoms with E-state index in [1.54, 1.807) is 57.2 Å². The maximum absolute atomic E-state index is 13.2. The average Bonchev–Trinajstić information content (AvgIpc) is 3.28. The predicted octanol–water partition coefficient (Wildman–Crippen LogP) is 3.08. The van der Waals surface area contributed by atoms with Gasteiger partial charge in [0.25, 0.3) is 5.91 Å². The van der Waals surface area contributed by atoms with Gasteiger partial charge in [0.2, 0.25) is 5.91 Å². The quantitative estimate of drug-likeness (QED) is 0.441. The number of nitrogens with zero attached hydrogens (tertiary/aromatic N) is 1. The van der Waals surface area contributed by atoms with Gasteiger partial charge in [-0.2, -0.15) is 0 Å². The molecule has 176 valence electrons. The minimum Gasteiger partial charge on any atom is -0.466 e. The Bertz CT molecular complexity index is 1470. The van der Waals surface area contributed by atoms with Gasteiger partial charge >= 0.3 is 6.03 Å². The van der Waals surface area contributed by atoms with Crippen molar-refractivity contribution in [2.45, 2.75) is 26.3 Å². The fourth-order valence-corrected chi connectivity index (χ4v) is 4.73. The van der Waals surface area contributed by atoms with Gasteiger partial charge in [-0.3, -0.25) is 24.1 Å². The molecule has 1 unspecified atom stereocenters. The van der Waals surface area contributed by atoms with E-state index in [0.29, 0.717) is 22.6 Å². The lowest BCUT2D eigenvalue weighted by atomic mass is 9.83. The summed E-state index contributed by atoms with van der Waals surface area (Å²) in [6.45, 7) is 4.41. The number of hydrogen-bond acceptors (Lipinski definition) is 6. The van der Waals surface area contributed by atoms with Crippen molar-refractivity contribution in [1.82, 2.24) is 10.2 Å². The Morgan fingerprint density at radius 3 is 2.29 bits per heavy atom. The van der Waals surface area contributed by atoms with Crippen LogP contribution in [0.2, 0.25) is 0 Å². The van der Waals surface area contributed by atoms with E-state index in [0.717, 1.165) is 4.90 Å². The first kappa shape index (κ1) is 22.3. The van der Waals surface area contributed by atoms with Crippen molar-refractivity contribution < 1.29 is 28.4 Å². The molecule has 1 saturated heterocycles. The van der Waals surface area contributed by atoms with Gasteiger partial charge in [-0.15, -0.1) is 0 Å². The molecule has 0 radical (unpaired) electrons. The predicted molar refractivity (Wildman–Crippen MR) is 124 cm³/mol. The maximum Gasteiger partial charge on any atom is 0.325 e. The molecule has 0 spiro atoms. The molecule has 1 atom stereocenters. The largest absolute Gasteiger partial charge is 0.466 e. The number of aryl methyl sites for hydroxylation is 2. The van der Waals surface area contributed by atoms with Crippen LogP contribution in [0.4, 0.5) is 10.5 Å². The number of furan rings is 1. The van der Waals surface area contributed by atoms with E-state index in [-0.39, 0.29) is 33.9 Å². The summed E-state index contributed by atoms with van der Waals surface area (Å²) in [6.07, 6.45) is 0. The summed E-state index contributed by atoms with van der Waals surface area (Å²) in [4.78, 5) is 65.6. The van der Waals surface area contributed by atoms with Gasteiger partial charge in [-0.1, -0.05) is 36.4 Å². The summed E-state index contributed by atoms with van der Waals surface area (Å²) < 4.78 is 5.51. The van der Waals surface area contributed by atoms with Crippen LogP contribution in [0.15, 0.2) is 52.9 Å². The minimum absolute atomic E-state index is 0.0797. The second-order valence-electron chi connectivity index (χ2n) is 8.75. The van der Waals surface area contributed by atoms with E-state index in [1.807, 2.05) is 0 Å². The van der Waals surface area contributed by atoms with Gasteiger partial charge in [-0.05, 0) is 32.9 Å². The van der Waals surface area contributed by atoms with Crippen LogP contribution in [0.5, 0.6) is 0 Å². The van der Waals surface area contributed by atoms with Crippen LogP contribution in [0.3, 0.4) is 0 Å². The second-order valence-corrected chi connectivity index (χ2v) is 8.75. The smallest absolute Gasteiger partial charge is 0.325 e. The third-order valence-electron chi connectivity index (χ3n) is 6.38. The molecule has 1 aliphatic heterocycles. The highest BCUT2D eigenvalue weighted by Crippen LogP contribution is 2.34. The number of hydrogen-bond donors (Lipinski definition) is 2. The molecule has 2 aliphatic rings. The van der Waals surface area contributed by atoms with Crippen LogP contribution < -0.4 is 10.6 Å². The van der Waals surface area contributed by atoms with Crippen LogP contribution in [-0.2, 0) is 15.1 Å². The Kier molecular flexibility index (Phi) is 4.94. The minimum atomic E-state index is -1.38. The fraction of sp³-hybridized carbons (Fsp3) is 0.192. The molecule has 3 aromatic rings. The van der Waals surface area contributed by atoms with E-state index in [1.165, 1.54) is 12.1 Å². The van der Waals surface area contributed by atoms with Crippen LogP contribution in [0.1, 0.15) is 55.9 Å². The van der Waals surface area contributed by atoms with Crippen LogP contribution in [0.25, 0.3) is 0 Å². The van der Waals surface area contributed by atoms with Crippen molar-refractivity contribution in [3.63, 3.8) is 0 Å². The second kappa shape index (κ2) is 7.76. The van der Waals surface area contributed by atoms with E-state index in [4.69, 9.17) is 4.42 Å². The number of ketones is 2. The fourth-order valence-electron chi connectivity index (χ4n) is 4.73. The third-order valence-corrected chi connectivity index (χ3v) is 6.38. The Morgan fingerprint density at radius 1 is 0.971 bits per heavy atom. The molecule has 4 amide bonds. The first-order valence-corrected chi connectivity index (χ1v) is 10.9. The van der Waals surface area contributed by atoms with Gasteiger partial charge in [0.05, 0.1) is 11.3 Å². The van der Waals surface area contributed by atoms with Crippen molar-refractivity contribution >= 4 is 35.1 Å². The van der Waals surface area contributed by atoms with E-state index >= 15 is 0 Å². The monoisotopic (exact) mass is 471 g/mol. The molecule has 35 heavy (non-hydrogen) atoms. The third kappa shape index (κ3) is 3.35. The SMILES string of the molecule is Cc1cc(C2(C)NC(=O)N(CC(=O)Nc3cccc4c3C(=O)c3ccccc3C4=O)C2=O)c(C)o1. The maximum atomic E-state index is 13.2. The van der Waals surface area contributed by atoms with Crippen molar-refractivity contribution in [2.24, 2.45) is 0 Å². The van der Waals surface area contributed by atoms with Crippen molar-refractivity contribution in [3.8, 4) is 0 Å². The zero-order valence-electron chi connectivity index (χ0n) is 19.2. The number of anilines is 1. The van der Waals surface area contributed by atoms with Gasteiger partial charge < -0.3 is 15.1 Å². The number of urea groups is 1. The Hall–Kier alpha value is -4.53. The molecule has 1 aromatic heterocycles. The molecule has 9 nitrogen and oxygen atoms in total. The summed E-state index contributed by atoms with van der Waals surface area (Å²) in [5, 5.41) is 5.24. The van der Waals surface area contributed by atoms with Crippen molar-refractivity contribution in [1.29, 1.82) is 0 Å². The van der Waals surface area contributed by atoms with E-state index in [2.05, 4.69) is 10.6 Å². The normalized spacial score (nSPS) is 18.9. The summed E-state index contributed by atoms with van der Waals surface area (Å²) in [5.74, 6) is -0.917. The number of carbonyl (C=O) groups excluding carboxylic acids is 5. The van der Waals surface area contributed by atoms with Gasteiger partial charge in [0.1, 0.15) is 23.6 Å². The molecule has 5 rings (SSSR count). The summed E-state index contributed by atoms with van der Waals surface area (Å²) in [5.41, 5.74) is 0.0832. The van der Waals surface area contributed by atoms with Gasteiger partial charge in [0, 0.05) is 22.3 Å². The molecule has 0 bridgehead atoms. The number of rotatable bonds is 4. The molecular formula is C26H21N3O6. The van der Waals surface area contributed by atoms with Crippen molar-refractivity contribution in [3.05, 3.63) is 87.9 Å². The van der Waals surface area contributed by atoms with Gasteiger partial charge in [-0.25, -0.2) is 4.79 Å². The molecule has 2 aromatic carbocycles. The van der Waals surface area contributed by atoms with Crippen molar-refractivity contribution in [2.75, 3.05) is 11.9 Å². The standard InChI is InChI=1S/C26H21N3O6/c1-13-11-18(14(2)35-13)26(3)24(33)29(25(34)28-26)12-20(30)27-19-10-6-9-17-21(19)23(32)16-8-5-4-7-15(16)22(17)31/h4-11H,12H2,1-3H3,(H,27,30)(H,28,34). The lowest BCUT2D eigenvalue weighted by molar-refractivity contribution is -0.133. The Morgan fingerprint density at radius 2 is 1.63 bits per heavy atom. The molecule has 2 N–H and O–H groups in total. The summed E-state index contributed by atoms with van der Waals surface area (Å²) in [6, 6.07) is 12.0. The highest BCUT2D eigenvalue weighted by atomic mass is 16.3. The Labute approximate surface area is 200 Å². The molecule has 2 heterocycles. The average molecular weight is 471 g/mol. The van der Waals surface area contributed by atoms with E-state index in [9.17, 15) is 24.0 Å². The van der Waals surface area contributed by atoms with Gasteiger partial charge in [0.15, 0.2) is 11.6 Å². The number of imide groups is 1. The first-order chi connectivity index (χ1) is 16.6. The zero-order chi connectivity index (χ0) is 25.1. The molecule has 0 saturated carbocycles. The van der Waals surface area contributed by atoms with E-state index < -0.39 is 29.9 Å². The summed E-state index contributed by atoms with van der Waals surface area (Å²) in [7, 11) is 0. The topological polar surface area (TPSA) is 126 Å². The lowest BCUT2D eigenvalue weighted by Crippen LogP contribution is -2.42. The van der Waals surface area contributed by atoms with Crippen LogP contribution >= 0.6 is 0 Å². The molecular weight excluding hydrogens is 450 g/mol. The zero-order valence-corrected chi connectivity index (χ0v) is 19.2. The first-order valence-electron chi connectivity index (χ1n) is 10.9. The van der Waals surface area contributed by atoms with Crippen LogP contribution in [0, 0.1) is 13.8 Å². The number of benzene rings is 2. The number of amides is 4. The molecule has 1 aliphatic carbocycles.